The van der Waals surface area contributed by atoms with Crippen LogP contribution in [0.5, 0.6) is 0 Å². The van der Waals surface area contributed by atoms with Crippen LogP contribution >= 0.6 is 0 Å². The van der Waals surface area contributed by atoms with E-state index in [1.165, 1.54) is 16.4 Å². The highest BCUT2D eigenvalue weighted by Crippen LogP contribution is 2.24. The van der Waals surface area contributed by atoms with Gasteiger partial charge in [-0.05, 0) is 44.2 Å². The Bertz CT molecular complexity index is 1210. The van der Waals surface area contributed by atoms with E-state index >= 15 is 0 Å². The van der Waals surface area contributed by atoms with Gasteiger partial charge in [-0.2, -0.15) is 10.4 Å². The number of nitriles is 1. The van der Waals surface area contributed by atoms with Crippen molar-refractivity contribution in [2.45, 2.75) is 31.7 Å². The first-order chi connectivity index (χ1) is 14.9. The Balaban J connectivity index is 1.88. The highest BCUT2D eigenvalue weighted by atomic mass is 32.2. The third-order valence-electron chi connectivity index (χ3n) is 4.59. The predicted molar refractivity (Wildman–Crippen MR) is 118 cm³/mol. The number of benzene rings is 2. The molecule has 1 aromatic heterocycles. The van der Waals surface area contributed by atoms with Gasteiger partial charge in [-0.3, -0.25) is 9.10 Å². The van der Waals surface area contributed by atoms with Crippen LogP contribution in [0.2, 0.25) is 0 Å². The molecule has 0 aliphatic rings. The number of para-hydroxylation sites is 1. The molecule has 0 radical (unpaired) electrons. The van der Waals surface area contributed by atoms with Gasteiger partial charge in [-0.15, -0.1) is 0 Å². The molecule has 1 N–H and O–H groups in total. The molecule has 9 heteroatoms. The quantitative estimate of drug-likeness (QED) is 0.579. The van der Waals surface area contributed by atoms with Crippen molar-refractivity contribution in [3.05, 3.63) is 71.9 Å². The lowest BCUT2D eigenvalue weighted by atomic mass is 10.2. The number of carbonyl (C=O) groups excluding carboxylic acids is 1. The van der Waals surface area contributed by atoms with Gasteiger partial charge in [0.1, 0.15) is 5.82 Å². The molecule has 31 heavy (non-hydrogen) atoms. The van der Waals surface area contributed by atoms with Crippen LogP contribution in [0.4, 0.5) is 11.5 Å². The van der Waals surface area contributed by atoms with E-state index in [0.717, 1.165) is 0 Å². The molecule has 3 aromatic rings. The molecular weight excluding hydrogens is 414 g/mol. The van der Waals surface area contributed by atoms with Crippen LogP contribution in [-0.2, 0) is 16.6 Å². The average Bonchev–Trinajstić information content (AvgIpc) is 3.12. The molecule has 0 saturated carbocycles. The lowest BCUT2D eigenvalue weighted by Crippen LogP contribution is -2.31. The SMILES string of the molecule is CCN(c1ccccc1)S(=O)(=O)c1cccc(C(=O)Nc2cc(C)nn2CCC#N)c1. The number of carbonyl (C=O) groups is 1. The zero-order chi connectivity index (χ0) is 22.4. The maximum absolute atomic E-state index is 13.2. The molecule has 0 spiro atoms. The largest absolute Gasteiger partial charge is 0.307 e. The number of rotatable bonds is 8. The Hall–Kier alpha value is -3.64. The molecule has 0 aliphatic carbocycles. The normalized spacial score (nSPS) is 11.0. The molecule has 0 bridgehead atoms. The van der Waals surface area contributed by atoms with Crippen LogP contribution in [-0.4, -0.2) is 30.7 Å². The van der Waals surface area contributed by atoms with Crippen molar-refractivity contribution in [3.63, 3.8) is 0 Å². The van der Waals surface area contributed by atoms with Crippen LogP contribution in [0, 0.1) is 18.3 Å². The van der Waals surface area contributed by atoms with Gasteiger partial charge >= 0.3 is 0 Å². The first kappa shape index (κ1) is 22.1. The number of sulfonamides is 1. The second-order valence-corrected chi connectivity index (χ2v) is 8.65. The summed E-state index contributed by atoms with van der Waals surface area (Å²) in [5.74, 6) is -0.0107. The maximum Gasteiger partial charge on any atom is 0.264 e. The van der Waals surface area contributed by atoms with Crippen molar-refractivity contribution in [1.29, 1.82) is 5.26 Å². The van der Waals surface area contributed by atoms with Gasteiger partial charge in [0, 0.05) is 18.2 Å². The van der Waals surface area contributed by atoms with Crippen LogP contribution in [0.3, 0.4) is 0 Å². The van der Waals surface area contributed by atoms with E-state index in [-0.39, 0.29) is 23.4 Å². The van der Waals surface area contributed by atoms with E-state index in [9.17, 15) is 13.2 Å². The molecular formula is C22H23N5O3S. The Morgan fingerprint density at radius 1 is 1.16 bits per heavy atom. The Morgan fingerprint density at radius 3 is 2.58 bits per heavy atom. The fraction of sp³-hybridized carbons (Fsp3) is 0.227. The van der Waals surface area contributed by atoms with Crippen molar-refractivity contribution in [3.8, 4) is 6.07 Å². The zero-order valence-corrected chi connectivity index (χ0v) is 18.1. The van der Waals surface area contributed by atoms with Crippen molar-refractivity contribution in [2.24, 2.45) is 0 Å². The summed E-state index contributed by atoms with van der Waals surface area (Å²) >= 11 is 0. The molecule has 160 valence electrons. The van der Waals surface area contributed by atoms with Gasteiger partial charge in [0.25, 0.3) is 15.9 Å². The fourth-order valence-corrected chi connectivity index (χ4v) is 4.69. The molecule has 0 fully saturated rings. The third kappa shape index (κ3) is 4.92. The molecule has 1 amide bonds. The number of nitrogens with one attached hydrogen (secondary N) is 1. The minimum atomic E-state index is -3.85. The monoisotopic (exact) mass is 437 g/mol. The number of hydrogen-bond donors (Lipinski definition) is 1. The molecule has 0 saturated heterocycles. The lowest BCUT2D eigenvalue weighted by Gasteiger charge is -2.23. The Kier molecular flexibility index (Phi) is 6.72. The number of hydrogen-bond acceptors (Lipinski definition) is 5. The second kappa shape index (κ2) is 9.45. The number of nitrogens with zero attached hydrogens (tertiary/aromatic N) is 4. The van der Waals surface area contributed by atoms with Crippen LogP contribution in [0.15, 0.2) is 65.6 Å². The summed E-state index contributed by atoms with van der Waals surface area (Å²) in [6.45, 7) is 4.14. The number of amides is 1. The van der Waals surface area contributed by atoms with Gasteiger partial charge in [0.15, 0.2) is 0 Å². The van der Waals surface area contributed by atoms with E-state index in [0.29, 0.717) is 23.7 Å². The van der Waals surface area contributed by atoms with Crippen molar-refractivity contribution < 1.29 is 13.2 Å². The summed E-state index contributed by atoms with van der Waals surface area (Å²) in [4.78, 5) is 12.8. The Labute approximate surface area is 181 Å². The van der Waals surface area contributed by atoms with Crippen molar-refractivity contribution in [1.82, 2.24) is 9.78 Å². The van der Waals surface area contributed by atoms with Crippen molar-refractivity contribution >= 4 is 27.4 Å². The van der Waals surface area contributed by atoms with Gasteiger partial charge in [-0.1, -0.05) is 24.3 Å². The average molecular weight is 438 g/mol. The summed E-state index contributed by atoms with van der Waals surface area (Å²) in [7, 11) is -3.85. The maximum atomic E-state index is 13.2. The fourth-order valence-electron chi connectivity index (χ4n) is 3.17. The first-order valence-electron chi connectivity index (χ1n) is 9.77. The molecule has 0 atom stereocenters. The van der Waals surface area contributed by atoms with Crippen LogP contribution in [0.1, 0.15) is 29.4 Å². The summed E-state index contributed by atoms with van der Waals surface area (Å²) in [5, 5.41) is 15.8. The van der Waals surface area contributed by atoms with Crippen LogP contribution < -0.4 is 9.62 Å². The highest BCUT2D eigenvalue weighted by molar-refractivity contribution is 7.92. The van der Waals surface area contributed by atoms with Gasteiger partial charge in [-0.25, -0.2) is 13.1 Å². The number of aromatic nitrogens is 2. The van der Waals surface area contributed by atoms with E-state index in [2.05, 4.69) is 10.4 Å². The summed E-state index contributed by atoms with van der Waals surface area (Å²) in [5.41, 5.74) is 1.46. The van der Waals surface area contributed by atoms with Crippen LogP contribution in [0.25, 0.3) is 0 Å². The smallest absolute Gasteiger partial charge is 0.264 e. The number of anilines is 2. The third-order valence-corrected chi connectivity index (χ3v) is 6.49. The first-order valence-corrected chi connectivity index (χ1v) is 11.2. The number of aryl methyl sites for hydroxylation is 2. The zero-order valence-electron chi connectivity index (χ0n) is 17.3. The van der Waals surface area contributed by atoms with Gasteiger partial charge in [0.05, 0.1) is 35.3 Å². The standard InChI is InChI=1S/C22H23N5O3S/c1-3-27(19-10-5-4-6-11-19)31(29,30)20-12-7-9-18(16-20)22(28)24-21-15-17(2)25-26(21)14-8-13-23/h4-7,9-12,15-16H,3,8,14H2,1-2H3,(H,24,28). The predicted octanol–water partition coefficient (Wildman–Crippen LogP) is 3.57. The minimum Gasteiger partial charge on any atom is -0.307 e. The van der Waals surface area contributed by atoms with Crippen molar-refractivity contribution in [2.75, 3.05) is 16.2 Å². The minimum absolute atomic E-state index is 0.0278. The van der Waals surface area contributed by atoms with E-state index < -0.39 is 15.9 Å². The molecule has 2 aromatic carbocycles. The molecule has 0 unspecified atom stereocenters. The summed E-state index contributed by atoms with van der Waals surface area (Å²) < 4.78 is 29.3. The molecule has 8 nitrogen and oxygen atoms in total. The molecule has 0 aliphatic heterocycles. The Morgan fingerprint density at radius 2 is 1.90 bits per heavy atom. The van der Waals surface area contributed by atoms with Gasteiger partial charge in [0.2, 0.25) is 0 Å². The molecule has 1 heterocycles. The van der Waals surface area contributed by atoms with E-state index in [1.54, 1.807) is 61.0 Å². The summed E-state index contributed by atoms with van der Waals surface area (Å²) in [6, 6.07) is 18.5. The van der Waals surface area contributed by atoms with Gasteiger partial charge < -0.3 is 5.32 Å². The topological polar surface area (TPSA) is 108 Å². The summed E-state index contributed by atoms with van der Waals surface area (Å²) in [6.07, 6.45) is 0.254. The lowest BCUT2D eigenvalue weighted by molar-refractivity contribution is 0.102. The molecule has 3 rings (SSSR count). The van der Waals surface area contributed by atoms with E-state index in [4.69, 9.17) is 5.26 Å². The van der Waals surface area contributed by atoms with E-state index in [1.807, 2.05) is 12.1 Å². The highest BCUT2D eigenvalue weighted by Gasteiger charge is 2.24. The second-order valence-electron chi connectivity index (χ2n) is 6.79.